The summed E-state index contributed by atoms with van der Waals surface area (Å²) >= 11 is 0. The van der Waals surface area contributed by atoms with Crippen molar-refractivity contribution in [2.45, 2.75) is 76.3 Å². The van der Waals surface area contributed by atoms with Crippen LogP contribution in [0.3, 0.4) is 0 Å². The molecule has 1 heterocycles. The van der Waals surface area contributed by atoms with Gasteiger partial charge >= 0.3 is 0 Å². The molecule has 5 heteroatoms. The van der Waals surface area contributed by atoms with Crippen molar-refractivity contribution in [3.8, 4) is 0 Å². The molecule has 3 aromatic carbocycles. The Morgan fingerprint density at radius 1 is 0.775 bits per heavy atom. The Balaban J connectivity index is 1.47. The van der Waals surface area contributed by atoms with E-state index in [-0.39, 0.29) is 5.91 Å². The van der Waals surface area contributed by atoms with E-state index in [1.165, 1.54) is 38.5 Å². The normalized spacial score (nSPS) is 12.2. The summed E-state index contributed by atoms with van der Waals surface area (Å²) in [4.78, 5) is 17.5. The minimum absolute atomic E-state index is 0.113. The van der Waals surface area contributed by atoms with E-state index in [9.17, 15) is 4.79 Å². The molecule has 3 N–H and O–H groups in total. The number of amides is 1. The van der Waals surface area contributed by atoms with Gasteiger partial charge in [-0.2, -0.15) is 0 Å². The number of hydrogen-bond donors (Lipinski definition) is 2. The molecule has 0 aliphatic carbocycles. The SMILES string of the molecule is CCCCCCCCCCNC(=O)[C@@H](N)Cc1cn(C(c2ccccc2)(c2ccccc2)c2ccccc2)cn1. The topological polar surface area (TPSA) is 72.9 Å². The van der Waals surface area contributed by atoms with Crippen LogP contribution in [0.1, 0.15) is 80.7 Å². The van der Waals surface area contributed by atoms with Crippen LogP contribution in [0.5, 0.6) is 0 Å². The minimum atomic E-state index is -0.642. The molecule has 0 saturated heterocycles. The van der Waals surface area contributed by atoms with Gasteiger partial charge in [0.25, 0.3) is 0 Å². The smallest absolute Gasteiger partial charge is 0.237 e. The second-order valence-electron chi connectivity index (χ2n) is 10.7. The average Bonchev–Trinajstić information content (AvgIpc) is 3.46. The third-order valence-electron chi connectivity index (χ3n) is 7.69. The summed E-state index contributed by atoms with van der Waals surface area (Å²) in [5, 5.41) is 3.03. The second kappa shape index (κ2) is 15.2. The first-order valence-electron chi connectivity index (χ1n) is 14.9. The molecule has 0 spiro atoms. The molecule has 1 amide bonds. The number of carbonyl (C=O) groups excluding carboxylic acids is 1. The molecule has 1 aromatic heterocycles. The lowest BCUT2D eigenvalue weighted by atomic mass is 9.77. The number of benzene rings is 3. The van der Waals surface area contributed by atoms with Crippen LogP contribution < -0.4 is 11.1 Å². The maximum absolute atomic E-state index is 12.8. The summed E-state index contributed by atoms with van der Waals surface area (Å²) in [6, 6.07) is 30.8. The summed E-state index contributed by atoms with van der Waals surface area (Å²) in [7, 11) is 0. The van der Waals surface area contributed by atoms with Gasteiger partial charge in [0, 0.05) is 19.2 Å². The van der Waals surface area contributed by atoms with Crippen molar-refractivity contribution < 1.29 is 4.79 Å². The molecule has 4 rings (SSSR count). The lowest BCUT2D eigenvalue weighted by Crippen LogP contribution is -2.42. The van der Waals surface area contributed by atoms with Crippen molar-refractivity contribution in [2.75, 3.05) is 6.54 Å². The van der Waals surface area contributed by atoms with E-state index < -0.39 is 11.6 Å². The molecular weight excluding hydrogens is 492 g/mol. The van der Waals surface area contributed by atoms with Crippen LogP contribution in [0.2, 0.25) is 0 Å². The molecule has 0 bridgehead atoms. The van der Waals surface area contributed by atoms with Crippen LogP contribution in [-0.2, 0) is 16.8 Å². The zero-order valence-electron chi connectivity index (χ0n) is 23.8. The number of hydrogen-bond acceptors (Lipinski definition) is 3. The minimum Gasteiger partial charge on any atom is -0.355 e. The number of carbonyl (C=O) groups is 1. The van der Waals surface area contributed by atoms with Crippen LogP contribution in [0.4, 0.5) is 0 Å². The van der Waals surface area contributed by atoms with Gasteiger partial charge in [-0.25, -0.2) is 4.98 Å². The van der Waals surface area contributed by atoms with Crippen LogP contribution in [0.15, 0.2) is 104 Å². The van der Waals surface area contributed by atoms with Crippen LogP contribution >= 0.6 is 0 Å². The standard InChI is InChI=1S/C35H44N4O/c1-2-3-4-5-6-7-8-18-25-37-34(40)33(36)26-32-27-39(28-38-32)35(29-19-12-9-13-20-29,30-21-14-10-15-22-30)31-23-16-11-17-24-31/h9-17,19-24,27-28,33H,2-8,18,25-26,36H2,1H3,(H,37,40)/t33-/m0/s1. The molecule has 0 unspecified atom stereocenters. The number of nitrogens with two attached hydrogens (primary N) is 1. The predicted octanol–water partition coefficient (Wildman–Crippen LogP) is 6.85. The molecule has 5 nitrogen and oxygen atoms in total. The van der Waals surface area contributed by atoms with E-state index in [0.717, 1.165) is 35.2 Å². The molecule has 210 valence electrons. The summed E-state index contributed by atoms with van der Waals surface area (Å²) in [6.07, 6.45) is 14.2. The van der Waals surface area contributed by atoms with Gasteiger partial charge in [-0.05, 0) is 23.1 Å². The molecule has 4 aromatic rings. The van der Waals surface area contributed by atoms with Gasteiger partial charge in [0.2, 0.25) is 5.91 Å². The largest absolute Gasteiger partial charge is 0.355 e. The Morgan fingerprint density at radius 2 is 1.25 bits per heavy atom. The van der Waals surface area contributed by atoms with E-state index in [0.29, 0.717) is 13.0 Å². The van der Waals surface area contributed by atoms with Gasteiger partial charge in [0.1, 0.15) is 5.54 Å². The molecule has 0 fully saturated rings. The molecule has 0 aliphatic heterocycles. The van der Waals surface area contributed by atoms with Crippen molar-refractivity contribution in [1.29, 1.82) is 0 Å². The van der Waals surface area contributed by atoms with Gasteiger partial charge in [0.05, 0.1) is 18.1 Å². The number of nitrogens with zero attached hydrogens (tertiary/aromatic N) is 2. The Labute approximate surface area is 239 Å². The Morgan fingerprint density at radius 3 is 1.75 bits per heavy atom. The number of rotatable bonds is 16. The van der Waals surface area contributed by atoms with Crippen molar-refractivity contribution in [1.82, 2.24) is 14.9 Å². The first kappa shape index (κ1) is 29.3. The van der Waals surface area contributed by atoms with Gasteiger partial charge in [0.15, 0.2) is 0 Å². The summed E-state index contributed by atoms with van der Waals surface area (Å²) in [5.74, 6) is -0.113. The van der Waals surface area contributed by atoms with Gasteiger partial charge in [-0.15, -0.1) is 0 Å². The highest BCUT2D eigenvalue weighted by Gasteiger charge is 2.38. The maximum Gasteiger partial charge on any atom is 0.237 e. The van der Waals surface area contributed by atoms with Crippen molar-refractivity contribution in [3.05, 3.63) is 126 Å². The maximum atomic E-state index is 12.8. The lowest BCUT2D eigenvalue weighted by Gasteiger charge is -2.37. The van der Waals surface area contributed by atoms with E-state index in [1.807, 2.05) is 30.7 Å². The van der Waals surface area contributed by atoms with Crippen molar-refractivity contribution in [2.24, 2.45) is 5.73 Å². The average molecular weight is 537 g/mol. The summed E-state index contributed by atoms with van der Waals surface area (Å²) in [6.45, 7) is 2.92. The molecule has 0 saturated carbocycles. The van der Waals surface area contributed by atoms with Gasteiger partial charge in [-0.3, -0.25) is 4.79 Å². The highest BCUT2D eigenvalue weighted by Crippen LogP contribution is 2.40. The zero-order valence-corrected chi connectivity index (χ0v) is 23.8. The quantitative estimate of drug-likeness (QED) is 0.121. The van der Waals surface area contributed by atoms with E-state index in [2.05, 4.69) is 89.6 Å². The summed E-state index contributed by atoms with van der Waals surface area (Å²) in [5.41, 5.74) is 9.90. The Kier molecular flexibility index (Phi) is 11.1. The number of imidazole rings is 1. The fourth-order valence-electron chi connectivity index (χ4n) is 5.56. The number of unbranched alkanes of at least 4 members (excludes halogenated alkanes) is 7. The molecular formula is C35H44N4O. The van der Waals surface area contributed by atoms with Crippen molar-refractivity contribution >= 4 is 5.91 Å². The first-order valence-corrected chi connectivity index (χ1v) is 14.9. The van der Waals surface area contributed by atoms with Crippen molar-refractivity contribution in [3.63, 3.8) is 0 Å². The predicted molar refractivity (Wildman–Crippen MR) is 164 cm³/mol. The molecule has 0 radical (unpaired) electrons. The lowest BCUT2D eigenvalue weighted by molar-refractivity contribution is -0.122. The van der Waals surface area contributed by atoms with Crippen LogP contribution in [0.25, 0.3) is 0 Å². The second-order valence-corrected chi connectivity index (χ2v) is 10.7. The van der Waals surface area contributed by atoms with E-state index in [1.54, 1.807) is 0 Å². The molecule has 1 atom stereocenters. The van der Waals surface area contributed by atoms with Gasteiger partial charge in [-0.1, -0.05) is 143 Å². The molecule has 40 heavy (non-hydrogen) atoms. The highest BCUT2D eigenvalue weighted by atomic mass is 16.2. The third kappa shape index (κ3) is 7.28. The Bertz CT molecular complexity index is 1170. The third-order valence-corrected chi connectivity index (χ3v) is 7.69. The highest BCUT2D eigenvalue weighted by molar-refractivity contribution is 5.81. The fourth-order valence-corrected chi connectivity index (χ4v) is 5.56. The Hall–Kier alpha value is -3.70. The number of nitrogens with one attached hydrogen (secondary N) is 1. The zero-order chi connectivity index (χ0) is 28.0. The first-order chi connectivity index (χ1) is 19.7. The monoisotopic (exact) mass is 536 g/mol. The summed E-state index contributed by atoms with van der Waals surface area (Å²) < 4.78 is 2.16. The van der Waals surface area contributed by atoms with Gasteiger partial charge < -0.3 is 15.6 Å². The van der Waals surface area contributed by atoms with E-state index in [4.69, 9.17) is 10.7 Å². The molecule has 0 aliphatic rings. The number of aromatic nitrogens is 2. The van der Waals surface area contributed by atoms with Crippen LogP contribution in [-0.4, -0.2) is 28.0 Å². The fraction of sp³-hybridized carbons (Fsp3) is 0.371. The van der Waals surface area contributed by atoms with E-state index >= 15 is 0 Å². The van der Waals surface area contributed by atoms with Crippen LogP contribution in [0, 0.1) is 0 Å².